The molecular weight excluding hydrogens is 384 g/mol. The number of carbonyl (C=O) groups is 1. The lowest BCUT2D eigenvalue weighted by Crippen LogP contribution is -2.52. The van der Waals surface area contributed by atoms with Crippen LogP contribution in [0.5, 0.6) is 0 Å². The Bertz CT molecular complexity index is 953. The summed E-state index contributed by atoms with van der Waals surface area (Å²) in [6, 6.07) is 16.5. The van der Waals surface area contributed by atoms with Crippen molar-refractivity contribution in [1.29, 1.82) is 0 Å². The first kappa shape index (κ1) is 21.8. The van der Waals surface area contributed by atoms with Crippen LogP contribution in [0, 0.1) is 24.7 Å². The average molecular weight is 419 g/mol. The molecule has 0 spiro atoms. The van der Waals surface area contributed by atoms with Gasteiger partial charge in [0, 0.05) is 23.7 Å². The number of hydrogen-bond acceptors (Lipinski definition) is 3. The molecule has 0 heterocycles. The van der Waals surface area contributed by atoms with Gasteiger partial charge in [0.15, 0.2) is 0 Å². The normalized spacial score (nSPS) is 30.3. The maximum absolute atomic E-state index is 13.4. The number of anilines is 1. The maximum atomic E-state index is 13.4. The molecule has 2 aliphatic rings. The van der Waals surface area contributed by atoms with Crippen molar-refractivity contribution in [2.24, 2.45) is 22.7 Å². The Morgan fingerprint density at radius 2 is 1.97 bits per heavy atom. The molecule has 0 aromatic heterocycles. The van der Waals surface area contributed by atoms with Crippen LogP contribution in [0.2, 0.25) is 0 Å². The van der Waals surface area contributed by atoms with Crippen LogP contribution in [0.3, 0.4) is 0 Å². The van der Waals surface area contributed by atoms with Gasteiger partial charge in [0.05, 0.1) is 11.8 Å². The van der Waals surface area contributed by atoms with Crippen LogP contribution in [0.1, 0.15) is 57.1 Å². The van der Waals surface area contributed by atoms with E-state index in [0.29, 0.717) is 24.2 Å². The number of carbonyl (C=O) groups excluding carboxylic acids is 1. The zero-order valence-electron chi connectivity index (χ0n) is 18.8. The lowest BCUT2D eigenvalue weighted by molar-refractivity contribution is -0.121. The van der Waals surface area contributed by atoms with Gasteiger partial charge in [-0.3, -0.25) is 9.79 Å². The SMILES string of the molecule is CC=Nc1ccc(NC(=O)CC2(c3ccccc3)C(C)CC3CC2CCC3O)cc1C. The van der Waals surface area contributed by atoms with Crippen molar-refractivity contribution in [2.45, 2.75) is 64.4 Å². The Labute approximate surface area is 185 Å². The average Bonchev–Trinajstić information content (AvgIpc) is 2.76. The summed E-state index contributed by atoms with van der Waals surface area (Å²) < 4.78 is 0. The summed E-state index contributed by atoms with van der Waals surface area (Å²) in [4.78, 5) is 17.7. The predicted octanol–water partition coefficient (Wildman–Crippen LogP) is 5.80. The van der Waals surface area contributed by atoms with Crippen LogP contribution >= 0.6 is 0 Å². The van der Waals surface area contributed by atoms with Gasteiger partial charge in [-0.2, -0.15) is 0 Å². The smallest absolute Gasteiger partial charge is 0.225 e. The molecule has 0 saturated heterocycles. The number of nitrogens with zero attached hydrogens (tertiary/aromatic N) is 1. The van der Waals surface area contributed by atoms with Crippen LogP contribution in [0.15, 0.2) is 53.5 Å². The van der Waals surface area contributed by atoms with Crippen LogP contribution < -0.4 is 5.32 Å². The van der Waals surface area contributed by atoms with Gasteiger partial charge >= 0.3 is 0 Å². The molecule has 2 aliphatic carbocycles. The topological polar surface area (TPSA) is 61.7 Å². The molecule has 2 bridgehead atoms. The zero-order chi connectivity index (χ0) is 22.0. The third kappa shape index (κ3) is 4.18. The summed E-state index contributed by atoms with van der Waals surface area (Å²) in [5.41, 5.74) is 3.86. The first-order chi connectivity index (χ1) is 14.9. The molecule has 31 heavy (non-hydrogen) atoms. The largest absolute Gasteiger partial charge is 0.393 e. The summed E-state index contributed by atoms with van der Waals surface area (Å²) in [5, 5.41) is 13.6. The van der Waals surface area contributed by atoms with Gasteiger partial charge in [-0.15, -0.1) is 0 Å². The molecule has 164 valence electrons. The highest BCUT2D eigenvalue weighted by atomic mass is 16.3. The lowest BCUT2D eigenvalue weighted by Gasteiger charge is -2.55. The van der Waals surface area contributed by atoms with Crippen LogP contribution in [0.25, 0.3) is 0 Å². The van der Waals surface area contributed by atoms with E-state index in [9.17, 15) is 9.90 Å². The molecule has 2 fully saturated rings. The molecule has 0 aliphatic heterocycles. The van der Waals surface area contributed by atoms with Crippen molar-refractivity contribution in [3.05, 3.63) is 59.7 Å². The van der Waals surface area contributed by atoms with Gasteiger partial charge in [-0.25, -0.2) is 0 Å². The quantitative estimate of drug-likeness (QED) is 0.603. The number of aliphatic imine (C=N–C) groups is 1. The molecule has 4 rings (SSSR count). The van der Waals surface area contributed by atoms with E-state index in [4.69, 9.17) is 0 Å². The monoisotopic (exact) mass is 418 g/mol. The molecule has 0 radical (unpaired) electrons. The number of aryl methyl sites for hydroxylation is 1. The highest BCUT2D eigenvalue weighted by molar-refractivity contribution is 5.92. The number of fused-ring (bicyclic) bond motifs is 2. The number of aliphatic hydroxyl groups excluding tert-OH is 1. The fraction of sp³-hybridized carbons (Fsp3) is 0.481. The minimum absolute atomic E-state index is 0.0615. The van der Waals surface area contributed by atoms with E-state index in [1.807, 2.05) is 38.1 Å². The van der Waals surface area contributed by atoms with Crippen molar-refractivity contribution in [3.8, 4) is 0 Å². The maximum Gasteiger partial charge on any atom is 0.225 e. The Balaban J connectivity index is 1.62. The lowest BCUT2D eigenvalue weighted by atomic mass is 9.50. The van der Waals surface area contributed by atoms with E-state index in [-0.39, 0.29) is 17.4 Å². The number of aliphatic hydroxyl groups is 1. The van der Waals surface area contributed by atoms with Crippen molar-refractivity contribution >= 4 is 23.5 Å². The Kier molecular flexibility index (Phi) is 6.29. The summed E-state index contributed by atoms with van der Waals surface area (Å²) in [7, 11) is 0. The van der Waals surface area contributed by atoms with E-state index in [1.165, 1.54) is 5.56 Å². The third-order valence-electron chi connectivity index (χ3n) is 7.72. The van der Waals surface area contributed by atoms with E-state index in [1.54, 1.807) is 6.21 Å². The van der Waals surface area contributed by atoms with Gasteiger partial charge < -0.3 is 10.4 Å². The number of benzene rings is 2. The first-order valence-corrected chi connectivity index (χ1v) is 11.6. The molecule has 4 heteroatoms. The molecule has 4 nitrogen and oxygen atoms in total. The fourth-order valence-corrected chi connectivity index (χ4v) is 6.21. The van der Waals surface area contributed by atoms with Crippen LogP contribution in [-0.2, 0) is 10.2 Å². The highest BCUT2D eigenvalue weighted by Gasteiger charge is 2.53. The molecule has 2 aromatic rings. The van der Waals surface area contributed by atoms with E-state index < -0.39 is 0 Å². The summed E-state index contributed by atoms with van der Waals surface area (Å²) in [5.74, 6) is 1.18. The third-order valence-corrected chi connectivity index (χ3v) is 7.72. The van der Waals surface area contributed by atoms with Gasteiger partial charge in [0.25, 0.3) is 0 Å². The van der Waals surface area contributed by atoms with Crippen LogP contribution in [-0.4, -0.2) is 23.3 Å². The van der Waals surface area contributed by atoms with Gasteiger partial charge in [-0.05, 0) is 86.6 Å². The fourth-order valence-electron chi connectivity index (χ4n) is 6.21. The molecular formula is C27H34N2O2. The van der Waals surface area contributed by atoms with Gasteiger partial charge in [0.1, 0.15) is 0 Å². The predicted molar refractivity (Wildman–Crippen MR) is 127 cm³/mol. The Hall–Kier alpha value is -2.46. The Morgan fingerprint density at radius 1 is 1.19 bits per heavy atom. The second-order valence-electron chi connectivity index (χ2n) is 9.49. The first-order valence-electron chi connectivity index (χ1n) is 11.6. The molecule has 2 aromatic carbocycles. The molecule has 5 atom stereocenters. The van der Waals surface area contributed by atoms with Crippen LogP contribution in [0.4, 0.5) is 11.4 Å². The molecule has 5 unspecified atom stereocenters. The standard InChI is InChI=1S/C27H34N2O2/c1-4-28-24-12-11-23(14-18(24)2)29-26(31)17-27(21-8-6-5-7-9-21)19(3)15-20-16-22(27)10-13-25(20)30/h4-9,11-12,14,19-20,22,25,30H,10,13,15-17H2,1-3H3,(H,29,31). The summed E-state index contributed by atoms with van der Waals surface area (Å²) in [6.07, 6.45) is 5.87. The van der Waals surface area contributed by atoms with Gasteiger partial charge in [0.2, 0.25) is 5.91 Å². The minimum Gasteiger partial charge on any atom is -0.393 e. The van der Waals surface area contributed by atoms with Crippen molar-refractivity contribution in [2.75, 3.05) is 5.32 Å². The zero-order valence-corrected chi connectivity index (χ0v) is 18.8. The minimum atomic E-state index is -0.191. The van der Waals surface area contributed by atoms with Gasteiger partial charge in [-0.1, -0.05) is 37.3 Å². The van der Waals surface area contributed by atoms with Crippen molar-refractivity contribution in [3.63, 3.8) is 0 Å². The Morgan fingerprint density at radius 3 is 2.68 bits per heavy atom. The second kappa shape index (κ2) is 8.96. The number of hydrogen-bond donors (Lipinski definition) is 2. The molecule has 2 N–H and O–H groups in total. The van der Waals surface area contributed by atoms with Crippen molar-refractivity contribution in [1.82, 2.24) is 0 Å². The van der Waals surface area contributed by atoms with E-state index in [2.05, 4.69) is 41.5 Å². The molecule has 2 saturated carbocycles. The van der Waals surface area contributed by atoms with E-state index in [0.717, 1.165) is 42.6 Å². The number of nitrogens with one attached hydrogen (secondary N) is 1. The summed E-state index contributed by atoms with van der Waals surface area (Å²) >= 11 is 0. The number of rotatable bonds is 5. The molecule has 1 amide bonds. The second-order valence-corrected chi connectivity index (χ2v) is 9.49. The number of amides is 1. The van der Waals surface area contributed by atoms with Crippen molar-refractivity contribution < 1.29 is 9.90 Å². The van der Waals surface area contributed by atoms with E-state index >= 15 is 0 Å². The highest BCUT2D eigenvalue weighted by Crippen LogP contribution is 2.56. The summed E-state index contributed by atoms with van der Waals surface area (Å²) in [6.45, 7) is 6.19.